The number of rotatable bonds is 4. The Hall–Kier alpha value is -4.53. The highest BCUT2D eigenvalue weighted by Crippen LogP contribution is 2.40. The summed E-state index contributed by atoms with van der Waals surface area (Å²) in [7, 11) is 0. The SMILES string of the molecule is c1ccc(-c2ccnc(-c3cccc(-c4cccc(-c5cccc6c5sc5ccccc56)c4)c3)c2)cc1. The van der Waals surface area contributed by atoms with E-state index >= 15 is 0 Å². The first-order chi connectivity index (χ1) is 18.3. The molecule has 7 aromatic rings. The van der Waals surface area contributed by atoms with Crippen molar-refractivity contribution in [2.45, 2.75) is 0 Å². The van der Waals surface area contributed by atoms with Crippen LogP contribution >= 0.6 is 11.3 Å². The Labute approximate surface area is 220 Å². The summed E-state index contributed by atoms with van der Waals surface area (Å²) in [5.41, 5.74) is 9.39. The van der Waals surface area contributed by atoms with Gasteiger partial charge < -0.3 is 0 Å². The largest absolute Gasteiger partial charge is 0.256 e. The van der Waals surface area contributed by atoms with Crippen molar-refractivity contribution in [1.82, 2.24) is 4.98 Å². The predicted molar refractivity (Wildman–Crippen MR) is 159 cm³/mol. The summed E-state index contributed by atoms with van der Waals surface area (Å²) in [5.74, 6) is 0. The number of hydrogen-bond donors (Lipinski definition) is 0. The fourth-order valence-electron chi connectivity index (χ4n) is 5.10. The highest BCUT2D eigenvalue weighted by atomic mass is 32.1. The van der Waals surface area contributed by atoms with E-state index in [9.17, 15) is 0 Å². The van der Waals surface area contributed by atoms with E-state index in [0.717, 1.165) is 11.3 Å². The Kier molecular flexibility index (Phi) is 5.38. The van der Waals surface area contributed by atoms with Crippen LogP contribution in [0.4, 0.5) is 0 Å². The van der Waals surface area contributed by atoms with Crippen molar-refractivity contribution in [3.8, 4) is 44.6 Å². The number of pyridine rings is 1. The first kappa shape index (κ1) is 21.7. The van der Waals surface area contributed by atoms with Gasteiger partial charge in [0.05, 0.1) is 5.69 Å². The van der Waals surface area contributed by atoms with E-state index in [4.69, 9.17) is 4.98 Å². The zero-order chi connectivity index (χ0) is 24.6. The molecule has 37 heavy (non-hydrogen) atoms. The molecule has 0 aliphatic carbocycles. The van der Waals surface area contributed by atoms with Gasteiger partial charge in [-0.1, -0.05) is 103 Å². The normalized spacial score (nSPS) is 11.2. The van der Waals surface area contributed by atoms with Gasteiger partial charge in [-0.15, -0.1) is 11.3 Å². The lowest BCUT2D eigenvalue weighted by atomic mass is 9.96. The molecule has 0 spiro atoms. The Morgan fingerprint density at radius 1 is 0.432 bits per heavy atom. The molecule has 0 atom stereocenters. The number of thiophene rings is 1. The summed E-state index contributed by atoms with van der Waals surface area (Å²) < 4.78 is 2.68. The standard InChI is InChI=1S/C35H23NS/c1-2-9-24(10-3-1)27-19-20-36-33(23-27)29-14-7-12-26(22-29)25-11-6-13-28(21-25)30-16-8-17-32-31-15-4-5-18-34(31)37-35(30)32/h1-23H. The van der Waals surface area contributed by atoms with Crippen molar-refractivity contribution < 1.29 is 0 Å². The van der Waals surface area contributed by atoms with Gasteiger partial charge in [-0.05, 0) is 63.7 Å². The monoisotopic (exact) mass is 489 g/mol. The molecule has 0 unspecified atom stereocenters. The summed E-state index contributed by atoms with van der Waals surface area (Å²) in [5, 5.41) is 2.66. The van der Waals surface area contributed by atoms with Gasteiger partial charge >= 0.3 is 0 Å². The number of benzene rings is 5. The van der Waals surface area contributed by atoms with Gasteiger partial charge in [0.1, 0.15) is 0 Å². The maximum atomic E-state index is 4.69. The van der Waals surface area contributed by atoms with E-state index < -0.39 is 0 Å². The van der Waals surface area contributed by atoms with E-state index in [1.807, 2.05) is 23.6 Å². The van der Waals surface area contributed by atoms with Gasteiger partial charge in [-0.2, -0.15) is 0 Å². The zero-order valence-corrected chi connectivity index (χ0v) is 21.0. The summed E-state index contributed by atoms with van der Waals surface area (Å²) in [6, 6.07) is 47.6. The maximum absolute atomic E-state index is 4.69. The van der Waals surface area contributed by atoms with Crippen molar-refractivity contribution in [1.29, 1.82) is 0 Å². The molecule has 0 saturated carbocycles. The Bertz CT molecular complexity index is 1880. The molecule has 2 heterocycles. The minimum atomic E-state index is 0.981. The van der Waals surface area contributed by atoms with Gasteiger partial charge in [-0.25, -0.2) is 0 Å². The molecule has 174 valence electrons. The third-order valence-electron chi connectivity index (χ3n) is 6.94. The number of hydrogen-bond acceptors (Lipinski definition) is 2. The van der Waals surface area contributed by atoms with Crippen LogP contribution < -0.4 is 0 Å². The molecule has 2 heteroatoms. The fourth-order valence-corrected chi connectivity index (χ4v) is 6.34. The lowest BCUT2D eigenvalue weighted by Gasteiger charge is -2.10. The molecule has 0 bridgehead atoms. The van der Waals surface area contributed by atoms with Crippen LogP contribution in [0.3, 0.4) is 0 Å². The molecule has 0 fully saturated rings. The molecule has 0 amide bonds. The molecule has 0 aliphatic rings. The topological polar surface area (TPSA) is 12.9 Å². The van der Waals surface area contributed by atoms with Crippen molar-refractivity contribution in [2.24, 2.45) is 0 Å². The van der Waals surface area contributed by atoms with Crippen LogP contribution in [0.1, 0.15) is 0 Å². The second kappa shape index (κ2) is 9.16. The Morgan fingerprint density at radius 2 is 1.05 bits per heavy atom. The first-order valence-corrected chi connectivity index (χ1v) is 13.3. The van der Waals surface area contributed by atoms with Gasteiger partial charge in [0.25, 0.3) is 0 Å². The zero-order valence-electron chi connectivity index (χ0n) is 20.1. The molecule has 0 N–H and O–H groups in total. The van der Waals surface area contributed by atoms with Crippen molar-refractivity contribution in [2.75, 3.05) is 0 Å². The lowest BCUT2D eigenvalue weighted by molar-refractivity contribution is 1.33. The molecular weight excluding hydrogens is 466 g/mol. The Morgan fingerprint density at radius 3 is 1.92 bits per heavy atom. The second-order valence-electron chi connectivity index (χ2n) is 9.24. The van der Waals surface area contributed by atoms with Crippen molar-refractivity contribution in [3.63, 3.8) is 0 Å². The van der Waals surface area contributed by atoms with Crippen LogP contribution in [0.15, 0.2) is 140 Å². The van der Waals surface area contributed by atoms with Gasteiger partial charge in [0.2, 0.25) is 0 Å². The molecule has 0 saturated heterocycles. The number of fused-ring (bicyclic) bond motifs is 3. The van der Waals surface area contributed by atoms with E-state index in [-0.39, 0.29) is 0 Å². The van der Waals surface area contributed by atoms with E-state index in [2.05, 4.69) is 127 Å². The number of aromatic nitrogens is 1. The Balaban J connectivity index is 1.29. The molecular formula is C35H23NS. The van der Waals surface area contributed by atoms with Crippen LogP contribution in [0.2, 0.25) is 0 Å². The van der Waals surface area contributed by atoms with Crippen molar-refractivity contribution >= 4 is 31.5 Å². The van der Waals surface area contributed by atoms with E-state index in [1.54, 1.807) is 0 Å². The summed E-state index contributed by atoms with van der Waals surface area (Å²) in [6.07, 6.45) is 1.90. The predicted octanol–water partition coefficient (Wildman–Crippen LogP) is 10.1. The molecule has 0 aliphatic heterocycles. The lowest BCUT2D eigenvalue weighted by Crippen LogP contribution is -1.87. The summed E-state index contributed by atoms with van der Waals surface area (Å²) in [6.45, 7) is 0. The minimum absolute atomic E-state index is 0.981. The highest BCUT2D eigenvalue weighted by Gasteiger charge is 2.11. The molecule has 0 radical (unpaired) electrons. The molecule has 2 aromatic heterocycles. The third-order valence-corrected chi connectivity index (χ3v) is 8.16. The van der Waals surface area contributed by atoms with E-state index in [0.29, 0.717) is 0 Å². The molecule has 1 nitrogen and oxygen atoms in total. The first-order valence-electron chi connectivity index (χ1n) is 12.5. The fraction of sp³-hybridized carbons (Fsp3) is 0. The van der Waals surface area contributed by atoms with Crippen LogP contribution in [-0.4, -0.2) is 4.98 Å². The van der Waals surface area contributed by atoms with Crippen LogP contribution in [0, 0.1) is 0 Å². The summed E-state index contributed by atoms with van der Waals surface area (Å²) >= 11 is 1.88. The molecule has 5 aromatic carbocycles. The van der Waals surface area contributed by atoms with Crippen LogP contribution in [0.25, 0.3) is 64.8 Å². The number of nitrogens with zero attached hydrogens (tertiary/aromatic N) is 1. The quantitative estimate of drug-likeness (QED) is 0.240. The van der Waals surface area contributed by atoms with Crippen LogP contribution in [-0.2, 0) is 0 Å². The third kappa shape index (κ3) is 4.02. The minimum Gasteiger partial charge on any atom is -0.256 e. The second-order valence-corrected chi connectivity index (χ2v) is 10.3. The highest BCUT2D eigenvalue weighted by molar-refractivity contribution is 7.26. The smallest absolute Gasteiger partial charge is 0.0708 e. The van der Waals surface area contributed by atoms with Gasteiger partial charge in [0.15, 0.2) is 0 Å². The van der Waals surface area contributed by atoms with Crippen molar-refractivity contribution in [3.05, 3.63) is 140 Å². The molecule has 7 rings (SSSR count). The van der Waals surface area contributed by atoms with E-state index in [1.165, 1.54) is 53.6 Å². The van der Waals surface area contributed by atoms with Gasteiger partial charge in [-0.3, -0.25) is 4.98 Å². The van der Waals surface area contributed by atoms with Gasteiger partial charge in [0, 0.05) is 31.9 Å². The summed E-state index contributed by atoms with van der Waals surface area (Å²) in [4.78, 5) is 4.69. The average molecular weight is 490 g/mol. The van der Waals surface area contributed by atoms with Crippen LogP contribution in [0.5, 0.6) is 0 Å². The average Bonchev–Trinajstić information content (AvgIpc) is 3.37. The maximum Gasteiger partial charge on any atom is 0.0708 e.